The van der Waals surface area contributed by atoms with Crippen molar-refractivity contribution in [1.82, 2.24) is 0 Å². The van der Waals surface area contributed by atoms with E-state index in [1.165, 1.54) is 42.8 Å². The first-order valence-electron chi connectivity index (χ1n) is 7.19. The average Bonchev–Trinajstić information content (AvgIpc) is 2.89. The zero-order valence-electron chi connectivity index (χ0n) is 12.8. The van der Waals surface area contributed by atoms with E-state index in [9.17, 15) is 0 Å². The van der Waals surface area contributed by atoms with Crippen molar-refractivity contribution < 1.29 is 0 Å². The van der Waals surface area contributed by atoms with Crippen LogP contribution in [0.1, 0.15) is 37.5 Å². The van der Waals surface area contributed by atoms with Gasteiger partial charge in [0.15, 0.2) is 0 Å². The van der Waals surface area contributed by atoms with E-state index in [-0.39, 0.29) is 4.83 Å². The molecule has 0 aliphatic rings. The molecule has 108 valence electrons. The van der Waals surface area contributed by atoms with Gasteiger partial charge in [-0.25, -0.2) is 0 Å². The zero-order chi connectivity index (χ0) is 15.1. The van der Waals surface area contributed by atoms with Crippen molar-refractivity contribution in [3.8, 4) is 0 Å². The van der Waals surface area contributed by atoms with Crippen LogP contribution in [-0.4, -0.2) is 0 Å². The lowest BCUT2D eigenvalue weighted by Gasteiger charge is -2.19. The molecule has 0 saturated heterocycles. The topological polar surface area (TPSA) is 0 Å². The van der Waals surface area contributed by atoms with Gasteiger partial charge < -0.3 is 0 Å². The molecular weight excluding hydrogens is 340 g/mol. The number of thiophene rings is 1. The van der Waals surface area contributed by atoms with Crippen molar-refractivity contribution in [2.24, 2.45) is 0 Å². The number of hydrogen-bond acceptors (Lipinski definition) is 1. The van der Waals surface area contributed by atoms with E-state index >= 15 is 0 Å². The van der Waals surface area contributed by atoms with Gasteiger partial charge in [0.05, 0.1) is 4.83 Å². The smallest absolute Gasteiger partial charge is 0.0743 e. The molecule has 0 aliphatic heterocycles. The fourth-order valence-corrected chi connectivity index (χ4v) is 5.05. The van der Waals surface area contributed by atoms with Crippen LogP contribution in [-0.2, 0) is 0 Å². The predicted octanol–water partition coefficient (Wildman–Crippen LogP) is 6.62. The molecule has 0 radical (unpaired) electrons. The quantitative estimate of drug-likeness (QED) is 0.451. The van der Waals surface area contributed by atoms with E-state index < -0.39 is 0 Å². The Balaban J connectivity index is 2.16. The summed E-state index contributed by atoms with van der Waals surface area (Å²) in [4.78, 5) is 1.65. The minimum absolute atomic E-state index is 0.272. The Morgan fingerprint density at radius 3 is 2.14 bits per heavy atom. The molecule has 0 nitrogen and oxygen atoms in total. The SMILES string of the molecule is Cc1cc(C)c(C)c(C(Br)c2cc3ccccc3s2)c1C. The molecule has 0 fully saturated rings. The van der Waals surface area contributed by atoms with E-state index in [1.807, 2.05) is 11.3 Å². The number of halogens is 1. The molecular formula is C19H19BrS. The number of fused-ring (bicyclic) bond motifs is 1. The zero-order valence-corrected chi connectivity index (χ0v) is 15.2. The molecule has 3 rings (SSSR count). The standard InChI is InChI=1S/C19H19BrS/c1-11-9-12(2)14(4)18(13(11)3)19(20)17-10-15-7-5-6-8-16(15)21-17/h5-10,19H,1-4H3. The van der Waals surface area contributed by atoms with Gasteiger partial charge in [0.25, 0.3) is 0 Å². The molecule has 2 aromatic carbocycles. The maximum Gasteiger partial charge on any atom is 0.0743 e. The van der Waals surface area contributed by atoms with Crippen LogP contribution in [0.5, 0.6) is 0 Å². The summed E-state index contributed by atoms with van der Waals surface area (Å²) in [6.45, 7) is 8.88. The lowest BCUT2D eigenvalue weighted by Crippen LogP contribution is -2.02. The van der Waals surface area contributed by atoms with Crippen molar-refractivity contribution in [1.29, 1.82) is 0 Å². The fraction of sp³-hybridized carbons (Fsp3) is 0.263. The lowest BCUT2D eigenvalue weighted by atomic mass is 9.92. The summed E-state index contributed by atoms with van der Waals surface area (Å²) in [5.74, 6) is 0. The molecule has 1 heterocycles. The Kier molecular flexibility index (Phi) is 3.94. The third kappa shape index (κ3) is 2.56. The van der Waals surface area contributed by atoms with Gasteiger partial charge in [0.1, 0.15) is 0 Å². The van der Waals surface area contributed by atoms with Gasteiger partial charge in [-0.1, -0.05) is 40.2 Å². The summed E-state index contributed by atoms with van der Waals surface area (Å²) in [7, 11) is 0. The molecule has 0 aliphatic carbocycles. The highest BCUT2D eigenvalue weighted by molar-refractivity contribution is 9.09. The van der Waals surface area contributed by atoms with Crippen molar-refractivity contribution in [3.05, 3.63) is 69.1 Å². The second-order valence-electron chi connectivity index (χ2n) is 5.72. The summed E-state index contributed by atoms with van der Waals surface area (Å²) in [6.07, 6.45) is 0. The Hall–Kier alpha value is -1.12. The summed E-state index contributed by atoms with van der Waals surface area (Å²) in [5.41, 5.74) is 6.98. The van der Waals surface area contributed by atoms with Crippen molar-refractivity contribution in [3.63, 3.8) is 0 Å². The molecule has 1 atom stereocenters. The molecule has 21 heavy (non-hydrogen) atoms. The molecule has 0 bridgehead atoms. The van der Waals surface area contributed by atoms with E-state index in [0.717, 1.165) is 0 Å². The monoisotopic (exact) mass is 358 g/mol. The van der Waals surface area contributed by atoms with Crippen LogP contribution in [0, 0.1) is 27.7 Å². The second-order valence-corrected chi connectivity index (χ2v) is 7.75. The predicted molar refractivity (Wildman–Crippen MR) is 98.0 cm³/mol. The summed E-state index contributed by atoms with van der Waals surface area (Å²) < 4.78 is 1.36. The molecule has 0 spiro atoms. The van der Waals surface area contributed by atoms with Crippen LogP contribution in [0.15, 0.2) is 36.4 Å². The lowest BCUT2D eigenvalue weighted by molar-refractivity contribution is 1.10. The van der Waals surface area contributed by atoms with Crippen LogP contribution in [0.3, 0.4) is 0 Å². The molecule has 3 aromatic rings. The third-order valence-corrected chi connectivity index (χ3v) is 6.81. The normalized spacial score (nSPS) is 12.8. The van der Waals surface area contributed by atoms with Crippen LogP contribution in [0.2, 0.25) is 0 Å². The van der Waals surface area contributed by atoms with Crippen molar-refractivity contribution in [2.75, 3.05) is 0 Å². The number of aryl methyl sites for hydroxylation is 2. The highest BCUT2D eigenvalue weighted by Crippen LogP contribution is 2.41. The first-order valence-corrected chi connectivity index (χ1v) is 8.92. The molecule has 0 N–H and O–H groups in total. The average molecular weight is 359 g/mol. The van der Waals surface area contributed by atoms with Crippen LogP contribution in [0.4, 0.5) is 0 Å². The van der Waals surface area contributed by atoms with Crippen molar-refractivity contribution in [2.45, 2.75) is 32.5 Å². The first-order chi connectivity index (χ1) is 9.99. The first kappa shape index (κ1) is 14.8. The van der Waals surface area contributed by atoms with Gasteiger partial charge in [-0.05, 0) is 73.0 Å². The molecule has 1 unspecified atom stereocenters. The van der Waals surface area contributed by atoms with Gasteiger partial charge in [-0.2, -0.15) is 0 Å². The van der Waals surface area contributed by atoms with Gasteiger partial charge in [0, 0.05) is 9.58 Å². The number of benzene rings is 2. The maximum absolute atomic E-state index is 3.95. The van der Waals surface area contributed by atoms with Crippen LogP contribution >= 0.6 is 27.3 Å². The highest BCUT2D eigenvalue weighted by Gasteiger charge is 2.19. The fourth-order valence-electron chi connectivity index (χ4n) is 2.90. The number of rotatable bonds is 2. The van der Waals surface area contributed by atoms with Crippen LogP contribution in [0.25, 0.3) is 10.1 Å². The summed E-state index contributed by atoms with van der Waals surface area (Å²) >= 11 is 5.84. The van der Waals surface area contributed by atoms with Gasteiger partial charge in [-0.15, -0.1) is 11.3 Å². The van der Waals surface area contributed by atoms with Crippen molar-refractivity contribution >= 4 is 37.4 Å². The van der Waals surface area contributed by atoms with E-state index in [4.69, 9.17) is 0 Å². The minimum atomic E-state index is 0.272. The Bertz CT molecular complexity index is 755. The summed E-state index contributed by atoms with van der Waals surface area (Å²) in [6, 6.07) is 13.2. The number of alkyl halides is 1. The van der Waals surface area contributed by atoms with E-state index in [1.54, 1.807) is 0 Å². The number of hydrogen-bond donors (Lipinski definition) is 0. The van der Waals surface area contributed by atoms with E-state index in [0.29, 0.717) is 0 Å². The van der Waals surface area contributed by atoms with Crippen LogP contribution < -0.4 is 0 Å². The van der Waals surface area contributed by atoms with Gasteiger partial charge in [-0.3, -0.25) is 0 Å². The van der Waals surface area contributed by atoms with Gasteiger partial charge in [0.2, 0.25) is 0 Å². The Labute approximate surface area is 139 Å². The third-order valence-electron chi connectivity index (χ3n) is 4.37. The van der Waals surface area contributed by atoms with E-state index in [2.05, 4.69) is 80.0 Å². The largest absolute Gasteiger partial charge is 0.139 e. The Morgan fingerprint density at radius 2 is 1.52 bits per heavy atom. The summed E-state index contributed by atoms with van der Waals surface area (Å²) in [5, 5.41) is 1.33. The van der Waals surface area contributed by atoms with Gasteiger partial charge >= 0.3 is 0 Å². The molecule has 0 saturated carbocycles. The second kappa shape index (κ2) is 5.58. The highest BCUT2D eigenvalue weighted by atomic mass is 79.9. The maximum atomic E-state index is 3.95. The Morgan fingerprint density at radius 1 is 0.905 bits per heavy atom. The molecule has 2 heteroatoms. The molecule has 0 amide bonds. The molecule has 1 aromatic heterocycles. The minimum Gasteiger partial charge on any atom is -0.139 e.